The van der Waals surface area contributed by atoms with Gasteiger partial charge in [-0.1, -0.05) is 12.1 Å². The van der Waals surface area contributed by atoms with Crippen LogP contribution in [0.25, 0.3) is 0 Å². The number of aliphatic hydroxyl groups is 3. The molecule has 26 heavy (non-hydrogen) atoms. The SMILES string of the molecule is CCNC(=O)C[C@@H]1[C@@H](O)[C@H](O)C(CO)N1CCCc1ccc(OC)cc1. The van der Waals surface area contributed by atoms with E-state index in [0.717, 1.165) is 24.2 Å². The van der Waals surface area contributed by atoms with Gasteiger partial charge in [0.15, 0.2) is 0 Å². The van der Waals surface area contributed by atoms with E-state index in [4.69, 9.17) is 4.74 Å². The van der Waals surface area contributed by atoms with Gasteiger partial charge in [0, 0.05) is 19.0 Å². The predicted molar refractivity (Wildman–Crippen MR) is 98.0 cm³/mol. The summed E-state index contributed by atoms with van der Waals surface area (Å²) in [5.41, 5.74) is 1.16. The summed E-state index contributed by atoms with van der Waals surface area (Å²) in [6, 6.07) is 6.77. The summed E-state index contributed by atoms with van der Waals surface area (Å²) in [5.74, 6) is 0.643. The number of rotatable bonds is 9. The highest BCUT2D eigenvalue weighted by atomic mass is 16.5. The van der Waals surface area contributed by atoms with Crippen molar-refractivity contribution in [2.75, 3.05) is 26.8 Å². The van der Waals surface area contributed by atoms with E-state index in [1.54, 1.807) is 7.11 Å². The number of nitrogens with zero attached hydrogens (tertiary/aromatic N) is 1. The van der Waals surface area contributed by atoms with Crippen LogP contribution in [-0.4, -0.2) is 77.2 Å². The summed E-state index contributed by atoms with van der Waals surface area (Å²) in [7, 11) is 1.63. The zero-order chi connectivity index (χ0) is 19.1. The molecule has 1 saturated heterocycles. The Hall–Kier alpha value is -1.67. The van der Waals surface area contributed by atoms with Crippen LogP contribution in [0.4, 0.5) is 0 Å². The molecule has 0 spiro atoms. The molecule has 7 heteroatoms. The quantitative estimate of drug-likeness (QED) is 0.488. The van der Waals surface area contributed by atoms with Gasteiger partial charge in [-0.25, -0.2) is 0 Å². The topological polar surface area (TPSA) is 102 Å². The van der Waals surface area contributed by atoms with Crippen molar-refractivity contribution in [1.29, 1.82) is 0 Å². The fourth-order valence-corrected chi connectivity index (χ4v) is 3.59. The lowest BCUT2D eigenvalue weighted by atomic mass is 10.1. The molecular weight excluding hydrogens is 336 g/mol. The first-order chi connectivity index (χ1) is 12.5. The van der Waals surface area contributed by atoms with Gasteiger partial charge in [0.2, 0.25) is 5.91 Å². The smallest absolute Gasteiger partial charge is 0.221 e. The van der Waals surface area contributed by atoms with Gasteiger partial charge < -0.3 is 25.4 Å². The first kappa shape index (κ1) is 20.6. The van der Waals surface area contributed by atoms with Crippen molar-refractivity contribution in [1.82, 2.24) is 10.2 Å². The molecule has 1 aliphatic heterocycles. The number of nitrogens with one attached hydrogen (secondary N) is 1. The van der Waals surface area contributed by atoms with Crippen molar-refractivity contribution in [3.05, 3.63) is 29.8 Å². The van der Waals surface area contributed by atoms with Gasteiger partial charge in [0.1, 0.15) is 5.75 Å². The number of aliphatic hydroxyl groups excluding tert-OH is 3. The number of methoxy groups -OCH3 is 1. The van der Waals surface area contributed by atoms with Crippen LogP contribution in [0, 0.1) is 0 Å². The summed E-state index contributed by atoms with van der Waals surface area (Å²) in [6.45, 7) is 2.67. The molecule has 1 aromatic carbocycles. The van der Waals surface area contributed by atoms with Crippen molar-refractivity contribution in [3.63, 3.8) is 0 Å². The normalized spacial score (nSPS) is 26.0. The van der Waals surface area contributed by atoms with E-state index in [0.29, 0.717) is 13.1 Å². The molecule has 1 fully saturated rings. The minimum atomic E-state index is -1.06. The average Bonchev–Trinajstić information content (AvgIpc) is 2.86. The maximum absolute atomic E-state index is 11.9. The highest BCUT2D eigenvalue weighted by Gasteiger charge is 2.47. The van der Waals surface area contributed by atoms with Crippen LogP contribution in [-0.2, 0) is 11.2 Å². The maximum Gasteiger partial charge on any atom is 0.221 e. The summed E-state index contributed by atoms with van der Waals surface area (Å²) in [4.78, 5) is 13.8. The van der Waals surface area contributed by atoms with Crippen molar-refractivity contribution >= 4 is 5.91 Å². The molecule has 0 radical (unpaired) electrons. The highest BCUT2D eigenvalue weighted by molar-refractivity contribution is 5.76. The molecule has 7 nitrogen and oxygen atoms in total. The van der Waals surface area contributed by atoms with E-state index in [-0.39, 0.29) is 18.9 Å². The third kappa shape index (κ3) is 4.94. The Morgan fingerprint density at radius 2 is 1.85 bits per heavy atom. The number of carbonyl (C=O) groups is 1. The molecule has 1 heterocycles. The van der Waals surface area contributed by atoms with Crippen molar-refractivity contribution in [3.8, 4) is 5.75 Å². The number of likely N-dealkylation sites (tertiary alicyclic amines) is 1. The minimum Gasteiger partial charge on any atom is -0.497 e. The number of ether oxygens (including phenoxy) is 1. The lowest BCUT2D eigenvalue weighted by Crippen LogP contribution is -2.44. The monoisotopic (exact) mass is 366 g/mol. The summed E-state index contributed by atoms with van der Waals surface area (Å²) in [5, 5.41) is 32.9. The van der Waals surface area contributed by atoms with Gasteiger partial charge in [-0.15, -0.1) is 0 Å². The van der Waals surface area contributed by atoms with Crippen LogP contribution in [0.3, 0.4) is 0 Å². The Morgan fingerprint density at radius 3 is 2.42 bits per heavy atom. The second-order valence-electron chi connectivity index (χ2n) is 6.65. The van der Waals surface area contributed by atoms with E-state index in [2.05, 4.69) is 5.32 Å². The average molecular weight is 366 g/mol. The van der Waals surface area contributed by atoms with Crippen molar-refractivity contribution in [2.45, 2.75) is 50.5 Å². The number of hydrogen-bond donors (Lipinski definition) is 4. The summed E-state index contributed by atoms with van der Waals surface area (Å²) < 4.78 is 5.15. The second kappa shape index (κ2) is 9.87. The maximum atomic E-state index is 11.9. The lowest BCUT2D eigenvalue weighted by molar-refractivity contribution is -0.123. The number of aryl methyl sites for hydroxylation is 1. The van der Waals surface area contributed by atoms with Crippen LogP contribution in [0.1, 0.15) is 25.3 Å². The fraction of sp³-hybridized carbons (Fsp3) is 0.632. The third-order valence-electron chi connectivity index (χ3n) is 4.99. The zero-order valence-electron chi connectivity index (χ0n) is 15.5. The van der Waals surface area contributed by atoms with Crippen LogP contribution >= 0.6 is 0 Å². The van der Waals surface area contributed by atoms with Crippen LogP contribution < -0.4 is 10.1 Å². The van der Waals surface area contributed by atoms with Gasteiger partial charge in [-0.05, 0) is 44.0 Å². The molecule has 146 valence electrons. The van der Waals surface area contributed by atoms with Gasteiger partial charge >= 0.3 is 0 Å². The van der Waals surface area contributed by atoms with E-state index >= 15 is 0 Å². The van der Waals surface area contributed by atoms with Crippen LogP contribution in [0.5, 0.6) is 5.75 Å². The highest BCUT2D eigenvalue weighted by Crippen LogP contribution is 2.28. The largest absolute Gasteiger partial charge is 0.497 e. The zero-order valence-corrected chi connectivity index (χ0v) is 15.5. The van der Waals surface area contributed by atoms with Crippen molar-refractivity contribution in [2.24, 2.45) is 0 Å². The number of hydrogen-bond acceptors (Lipinski definition) is 6. The fourth-order valence-electron chi connectivity index (χ4n) is 3.59. The first-order valence-electron chi connectivity index (χ1n) is 9.14. The van der Waals surface area contributed by atoms with Gasteiger partial charge in [-0.2, -0.15) is 0 Å². The van der Waals surface area contributed by atoms with Crippen LogP contribution in [0.2, 0.25) is 0 Å². The Morgan fingerprint density at radius 1 is 1.19 bits per heavy atom. The Balaban J connectivity index is 1.98. The number of benzene rings is 1. The van der Waals surface area contributed by atoms with Crippen LogP contribution in [0.15, 0.2) is 24.3 Å². The minimum absolute atomic E-state index is 0.102. The molecule has 4 N–H and O–H groups in total. The molecule has 1 unspecified atom stereocenters. The molecule has 0 saturated carbocycles. The molecule has 2 rings (SSSR count). The van der Waals surface area contributed by atoms with Gasteiger partial charge in [0.05, 0.1) is 32.0 Å². The van der Waals surface area contributed by atoms with Gasteiger partial charge in [-0.3, -0.25) is 9.69 Å². The summed E-state index contributed by atoms with van der Waals surface area (Å²) in [6.07, 6.45) is -0.394. The molecule has 1 amide bonds. The number of amides is 1. The second-order valence-corrected chi connectivity index (χ2v) is 6.65. The Labute approximate surface area is 154 Å². The molecule has 0 aliphatic carbocycles. The number of carbonyl (C=O) groups excluding carboxylic acids is 1. The van der Waals surface area contributed by atoms with Gasteiger partial charge in [0.25, 0.3) is 0 Å². The Bertz CT molecular complexity index is 566. The molecule has 4 atom stereocenters. The lowest BCUT2D eigenvalue weighted by Gasteiger charge is -2.29. The van der Waals surface area contributed by atoms with E-state index in [9.17, 15) is 20.1 Å². The standard InChI is InChI=1S/C19H30N2O5/c1-3-20-17(23)11-15-18(24)19(25)16(12-22)21(15)10-4-5-13-6-8-14(26-2)9-7-13/h6-9,15-16,18-19,22,24-25H,3-5,10-12H2,1-2H3,(H,20,23)/t15-,16?,18-,19-/m1/s1. The molecule has 1 aliphatic rings. The van der Waals surface area contributed by atoms with Crippen molar-refractivity contribution < 1.29 is 24.9 Å². The Kier molecular flexibility index (Phi) is 7.84. The molecular formula is C19H30N2O5. The predicted octanol–water partition coefficient (Wildman–Crippen LogP) is -0.0791. The van der Waals surface area contributed by atoms with E-state index in [1.165, 1.54) is 0 Å². The third-order valence-corrected chi connectivity index (χ3v) is 4.99. The first-order valence-corrected chi connectivity index (χ1v) is 9.14. The van der Waals surface area contributed by atoms with E-state index < -0.39 is 24.3 Å². The molecule has 0 aromatic heterocycles. The molecule has 0 bridgehead atoms. The molecule has 1 aromatic rings. The van der Waals surface area contributed by atoms with E-state index in [1.807, 2.05) is 36.1 Å². The summed E-state index contributed by atoms with van der Waals surface area (Å²) >= 11 is 0.